The Kier molecular flexibility index (Phi) is 5.96. The molecule has 3 nitrogen and oxygen atoms in total. The second-order valence-electron chi connectivity index (χ2n) is 13.5. The van der Waals surface area contributed by atoms with Crippen molar-refractivity contribution in [3.8, 4) is 33.6 Å². The van der Waals surface area contributed by atoms with E-state index in [0.717, 1.165) is 11.0 Å². The highest BCUT2D eigenvalue weighted by atomic mass is 15.0. The molecule has 0 saturated carbocycles. The molecule has 3 aromatic heterocycles. The van der Waals surface area contributed by atoms with Crippen LogP contribution in [0.15, 0.2) is 182 Å². The number of aromatic amines is 1. The van der Waals surface area contributed by atoms with Gasteiger partial charge in [0.25, 0.3) is 0 Å². The summed E-state index contributed by atoms with van der Waals surface area (Å²) in [7, 11) is 0. The third kappa shape index (κ3) is 4.25. The maximum Gasteiger partial charge on any atom is 0.0541 e. The molecule has 51 heavy (non-hydrogen) atoms. The highest BCUT2D eigenvalue weighted by molar-refractivity contribution is 6.13. The standard InChI is InChI=1S/C48H31N3/c1-3-11-35(12-4-1)50-45-17-9-7-15-37(45)41-29-33(21-25-47(41)50)31-19-23-43-39(27-31)40-28-32(20-24-44(40)49-43)34-22-26-48-42(30-34)38-16-8-10-18-46(38)51(48)36-13-5-2-6-14-36/h1-30,49H. The van der Waals surface area contributed by atoms with Crippen LogP contribution in [0.1, 0.15) is 0 Å². The molecule has 0 atom stereocenters. The summed E-state index contributed by atoms with van der Waals surface area (Å²) in [5.41, 5.74) is 14.4. The zero-order valence-electron chi connectivity index (χ0n) is 27.7. The summed E-state index contributed by atoms with van der Waals surface area (Å²) in [4.78, 5) is 3.68. The Hall–Kier alpha value is -6.84. The highest BCUT2D eigenvalue weighted by Crippen LogP contribution is 2.39. The quantitative estimate of drug-likeness (QED) is 0.196. The van der Waals surface area contributed by atoms with E-state index in [2.05, 4.69) is 196 Å². The Morgan fingerprint density at radius 3 is 1.08 bits per heavy atom. The van der Waals surface area contributed by atoms with Gasteiger partial charge in [-0.25, -0.2) is 0 Å². The van der Waals surface area contributed by atoms with Crippen molar-refractivity contribution >= 4 is 65.4 Å². The first kappa shape index (κ1) is 28.0. The molecular weight excluding hydrogens is 619 g/mol. The van der Waals surface area contributed by atoms with Gasteiger partial charge in [-0.2, -0.15) is 0 Å². The van der Waals surface area contributed by atoms with E-state index >= 15 is 0 Å². The van der Waals surface area contributed by atoms with Crippen molar-refractivity contribution in [2.75, 3.05) is 0 Å². The molecule has 3 heteroatoms. The minimum absolute atomic E-state index is 1.15. The average Bonchev–Trinajstić information content (AvgIpc) is 3.85. The predicted molar refractivity (Wildman–Crippen MR) is 215 cm³/mol. The van der Waals surface area contributed by atoms with E-state index in [9.17, 15) is 0 Å². The van der Waals surface area contributed by atoms with Crippen molar-refractivity contribution in [2.24, 2.45) is 0 Å². The Morgan fingerprint density at radius 1 is 0.275 bits per heavy atom. The molecule has 0 unspecified atom stereocenters. The molecule has 0 saturated heterocycles. The van der Waals surface area contributed by atoms with Gasteiger partial charge >= 0.3 is 0 Å². The van der Waals surface area contributed by atoms with Gasteiger partial charge in [-0.3, -0.25) is 0 Å². The Balaban J connectivity index is 1.04. The van der Waals surface area contributed by atoms with Crippen molar-refractivity contribution in [3.63, 3.8) is 0 Å². The van der Waals surface area contributed by atoms with Crippen LogP contribution in [0.25, 0.3) is 99.0 Å². The lowest BCUT2D eigenvalue weighted by atomic mass is 9.98. The van der Waals surface area contributed by atoms with E-state index < -0.39 is 0 Å². The highest BCUT2D eigenvalue weighted by Gasteiger charge is 2.16. The number of aromatic nitrogens is 3. The van der Waals surface area contributed by atoms with Gasteiger partial charge in [-0.15, -0.1) is 0 Å². The first-order chi connectivity index (χ1) is 25.3. The maximum absolute atomic E-state index is 3.68. The number of benzene rings is 8. The number of fused-ring (bicyclic) bond motifs is 9. The molecule has 0 fully saturated rings. The van der Waals surface area contributed by atoms with Crippen LogP contribution in [0, 0.1) is 0 Å². The molecule has 11 aromatic rings. The van der Waals surface area contributed by atoms with Crippen molar-refractivity contribution in [1.82, 2.24) is 14.1 Å². The number of rotatable bonds is 4. The molecule has 0 aliphatic heterocycles. The first-order valence-electron chi connectivity index (χ1n) is 17.5. The van der Waals surface area contributed by atoms with Gasteiger partial charge in [-0.05, 0) is 107 Å². The molecular formula is C48H31N3. The third-order valence-corrected chi connectivity index (χ3v) is 10.6. The molecule has 0 radical (unpaired) electrons. The number of nitrogens with one attached hydrogen (secondary N) is 1. The molecule has 0 aliphatic carbocycles. The molecule has 3 heterocycles. The van der Waals surface area contributed by atoms with Crippen LogP contribution in [0.5, 0.6) is 0 Å². The summed E-state index contributed by atoms with van der Waals surface area (Å²) in [6.45, 7) is 0. The van der Waals surface area contributed by atoms with Crippen LogP contribution in [-0.4, -0.2) is 14.1 Å². The lowest BCUT2D eigenvalue weighted by molar-refractivity contribution is 1.18. The lowest BCUT2D eigenvalue weighted by Gasteiger charge is -2.08. The van der Waals surface area contributed by atoms with Gasteiger partial charge in [0.1, 0.15) is 0 Å². The van der Waals surface area contributed by atoms with Crippen molar-refractivity contribution in [2.45, 2.75) is 0 Å². The smallest absolute Gasteiger partial charge is 0.0541 e. The normalized spacial score (nSPS) is 11.9. The van der Waals surface area contributed by atoms with Crippen molar-refractivity contribution in [3.05, 3.63) is 182 Å². The second kappa shape index (κ2) is 10.8. The van der Waals surface area contributed by atoms with Crippen LogP contribution < -0.4 is 0 Å². The molecule has 0 amide bonds. The first-order valence-corrected chi connectivity index (χ1v) is 17.5. The fraction of sp³-hybridized carbons (Fsp3) is 0. The fourth-order valence-corrected chi connectivity index (χ4v) is 8.27. The van der Waals surface area contributed by atoms with Gasteiger partial charge in [0, 0.05) is 54.7 Å². The van der Waals surface area contributed by atoms with Crippen LogP contribution in [0.2, 0.25) is 0 Å². The number of H-pyrrole nitrogens is 1. The molecule has 238 valence electrons. The second-order valence-corrected chi connectivity index (χ2v) is 13.5. The topological polar surface area (TPSA) is 25.6 Å². The number of hydrogen-bond donors (Lipinski definition) is 1. The summed E-state index contributed by atoms with van der Waals surface area (Å²) >= 11 is 0. The summed E-state index contributed by atoms with van der Waals surface area (Å²) in [6.07, 6.45) is 0. The Bertz CT molecular complexity index is 2910. The predicted octanol–water partition coefficient (Wildman–Crippen LogP) is 12.8. The van der Waals surface area contributed by atoms with Crippen LogP contribution >= 0.6 is 0 Å². The minimum atomic E-state index is 1.15. The minimum Gasteiger partial charge on any atom is -0.355 e. The molecule has 1 N–H and O–H groups in total. The lowest BCUT2D eigenvalue weighted by Crippen LogP contribution is -1.92. The Morgan fingerprint density at radius 2 is 0.627 bits per heavy atom. The van der Waals surface area contributed by atoms with Crippen molar-refractivity contribution < 1.29 is 0 Å². The summed E-state index contributed by atoms with van der Waals surface area (Å²) in [5, 5.41) is 7.52. The zero-order chi connectivity index (χ0) is 33.5. The van der Waals surface area contributed by atoms with Crippen LogP contribution in [0.4, 0.5) is 0 Å². The van der Waals surface area contributed by atoms with Crippen LogP contribution in [-0.2, 0) is 0 Å². The van der Waals surface area contributed by atoms with E-state index in [1.807, 2.05) is 0 Å². The summed E-state index contributed by atoms with van der Waals surface area (Å²) < 4.78 is 4.74. The molecule has 8 aromatic carbocycles. The van der Waals surface area contributed by atoms with Gasteiger partial charge in [0.15, 0.2) is 0 Å². The van der Waals surface area contributed by atoms with Crippen molar-refractivity contribution in [1.29, 1.82) is 0 Å². The molecule has 0 spiro atoms. The van der Waals surface area contributed by atoms with E-state index in [4.69, 9.17) is 0 Å². The van der Waals surface area contributed by atoms with Gasteiger partial charge < -0.3 is 14.1 Å². The molecule has 0 bridgehead atoms. The monoisotopic (exact) mass is 649 g/mol. The number of nitrogens with zero attached hydrogens (tertiary/aromatic N) is 2. The van der Waals surface area contributed by atoms with E-state index in [1.165, 1.54) is 88.0 Å². The molecule has 11 rings (SSSR count). The number of hydrogen-bond acceptors (Lipinski definition) is 0. The zero-order valence-corrected chi connectivity index (χ0v) is 27.7. The van der Waals surface area contributed by atoms with Gasteiger partial charge in [-0.1, -0.05) is 97.1 Å². The van der Waals surface area contributed by atoms with Crippen LogP contribution in [0.3, 0.4) is 0 Å². The van der Waals surface area contributed by atoms with Gasteiger partial charge in [0.2, 0.25) is 0 Å². The summed E-state index contributed by atoms with van der Waals surface area (Å²) in [5.74, 6) is 0. The maximum atomic E-state index is 3.68. The van der Waals surface area contributed by atoms with Gasteiger partial charge in [0.05, 0.1) is 22.1 Å². The fourth-order valence-electron chi connectivity index (χ4n) is 8.27. The van der Waals surface area contributed by atoms with E-state index in [1.54, 1.807) is 0 Å². The third-order valence-electron chi connectivity index (χ3n) is 10.6. The molecule has 0 aliphatic rings. The summed E-state index contributed by atoms with van der Waals surface area (Å²) in [6, 6.07) is 66.2. The number of para-hydroxylation sites is 4. The average molecular weight is 650 g/mol. The SMILES string of the molecule is c1ccc(-n2c3ccccc3c3cc(-c4ccc5[nH]c6ccc(-c7ccc8c(c7)c7ccccc7n8-c7ccccc7)cc6c5c4)ccc32)cc1. The Labute approximate surface area is 294 Å². The largest absolute Gasteiger partial charge is 0.355 e. The van der Waals surface area contributed by atoms with E-state index in [0.29, 0.717) is 0 Å². The van der Waals surface area contributed by atoms with E-state index in [-0.39, 0.29) is 0 Å².